The number of nitrogens with zero attached hydrogens (tertiary/aromatic N) is 2. The van der Waals surface area contributed by atoms with Crippen molar-refractivity contribution in [2.45, 2.75) is 12.3 Å². The summed E-state index contributed by atoms with van der Waals surface area (Å²) in [6, 6.07) is 16.1. The Labute approximate surface area is 227 Å². The molecule has 39 heavy (non-hydrogen) atoms. The van der Waals surface area contributed by atoms with Gasteiger partial charge in [-0.2, -0.15) is 13.2 Å². The van der Waals surface area contributed by atoms with Crippen LogP contribution in [0.4, 0.5) is 13.2 Å². The minimum Gasteiger partial charge on any atom is -0.473 e. The number of ether oxygens (including phenoxy) is 3. The number of rotatable bonds is 8. The van der Waals surface area contributed by atoms with E-state index in [9.17, 15) is 18.0 Å². The molecular formula is C28H24ClF3N2O5. The molecule has 1 aromatic heterocycles. The molecule has 4 aromatic rings. The maximum absolute atomic E-state index is 13.5. The summed E-state index contributed by atoms with van der Waals surface area (Å²) in [5.41, 5.74) is 0.521. The Kier molecular flexibility index (Phi) is 8.06. The number of fused-ring (bicyclic) bond motifs is 1. The van der Waals surface area contributed by atoms with E-state index in [2.05, 4.69) is 9.88 Å². The lowest BCUT2D eigenvalue weighted by Gasteiger charge is -2.26. The standard InChI is InChI=1S/C28H24ClF3N2O5/c29-20-8-9-23(21(17-20)26-33-22-6-1-2-7-24(22)39-26)38-25(18-4-3-5-19(16-18)28(30,31)32)27(35)37-15-12-34-10-13-36-14-11-34/h1-9,16-17,25H,10-15H2. The Morgan fingerprint density at radius 3 is 2.62 bits per heavy atom. The molecule has 2 heterocycles. The molecule has 1 aliphatic heterocycles. The molecule has 204 valence electrons. The van der Waals surface area contributed by atoms with Crippen LogP contribution in [0.1, 0.15) is 17.2 Å². The van der Waals surface area contributed by atoms with Crippen molar-refractivity contribution in [1.29, 1.82) is 0 Å². The second kappa shape index (κ2) is 11.6. The summed E-state index contributed by atoms with van der Waals surface area (Å²) in [4.78, 5) is 19.8. The van der Waals surface area contributed by atoms with Gasteiger partial charge in [-0.15, -0.1) is 0 Å². The second-order valence-corrected chi connectivity index (χ2v) is 9.31. The van der Waals surface area contributed by atoms with E-state index in [4.69, 9.17) is 30.2 Å². The number of hydrogen-bond donors (Lipinski definition) is 0. The van der Waals surface area contributed by atoms with Crippen LogP contribution in [-0.2, 0) is 20.4 Å². The average molecular weight is 561 g/mol. The highest BCUT2D eigenvalue weighted by atomic mass is 35.5. The minimum atomic E-state index is -4.61. The number of alkyl halides is 3. The normalized spacial score (nSPS) is 15.3. The van der Waals surface area contributed by atoms with E-state index in [1.165, 1.54) is 24.3 Å². The Bertz CT molecular complexity index is 1420. The minimum absolute atomic E-state index is 0.0142. The number of carbonyl (C=O) groups excluding carboxylic acids is 1. The number of esters is 1. The third-order valence-electron chi connectivity index (χ3n) is 6.20. The molecule has 1 saturated heterocycles. The number of para-hydroxylation sites is 2. The summed E-state index contributed by atoms with van der Waals surface area (Å²) in [5.74, 6) is -0.517. The van der Waals surface area contributed by atoms with Crippen LogP contribution < -0.4 is 4.74 Å². The molecule has 1 atom stereocenters. The van der Waals surface area contributed by atoms with Gasteiger partial charge in [-0.3, -0.25) is 4.90 Å². The van der Waals surface area contributed by atoms with Crippen molar-refractivity contribution < 1.29 is 36.6 Å². The molecule has 1 unspecified atom stereocenters. The van der Waals surface area contributed by atoms with Crippen LogP contribution in [0.2, 0.25) is 5.02 Å². The maximum Gasteiger partial charge on any atom is 0.416 e. The summed E-state index contributed by atoms with van der Waals surface area (Å²) in [7, 11) is 0. The van der Waals surface area contributed by atoms with E-state index in [0.29, 0.717) is 54.5 Å². The first-order chi connectivity index (χ1) is 18.8. The molecule has 0 bridgehead atoms. The molecule has 11 heteroatoms. The van der Waals surface area contributed by atoms with E-state index < -0.39 is 23.8 Å². The molecule has 0 radical (unpaired) electrons. The number of carbonyl (C=O) groups is 1. The van der Waals surface area contributed by atoms with E-state index in [1.54, 1.807) is 30.3 Å². The first-order valence-corrected chi connectivity index (χ1v) is 12.6. The lowest BCUT2D eigenvalue weighted by atomic mass is 10.1. The summed E-state index contributed by atoms with van der Waals surface area (Å²) >= 11 is 6.24. The van der Waals surface area contributed by atoms with Crippen LogP contribution in [0, 0.1) is 0 Å². The number of morpholine rings is 1. The van der Waals surface area contributed by atoms with Gasteiger partial charge in [0.1, 0.15) is 17.9 Å². The lowest BCUT2D eigenvalue weighted by Crippen LogP contribution is -2.38. The lowest BCUT2D eigenvalue weighted by molar-refractivity contribution is -0.153. The first-order valence-electron chi connectivity index (χ1n) is 12.2. The highest BCUT2D eigenvalue weighted by Crippen LogP contribution is 2.38. The molecule has 0 N–H and O–H groups in total. The number of halogens is 4. The van der Waals surface area contributed by atoms with Crippen molar-refractivity contribution in [3.05, 3.63) is 82.9 Å². The van der Waals surface area contributed by atoms with Gasteiger partial charge in [0.05, 0.1) is 24.3 Å². The number of benzene rings is 3. The van der Waals surface area contributed by atoms with Gasteiger partial charge in [0.15, 0.2) is 5.58 Å². The Hall–Kier alpha value is -3.60. The summed E-state index contributed by atoms with van der Waals surface area (Å²) in [6.45, 7) is 3.06. The fraction of sp³-hybridized carbons (Fsp3) is 0.286. The van der Waals surface area contributed by atoms with Crippen molar-refractivity contribution in [2.24, 2.45) is 0 Å². The van der Waals surface area contributed by atoms with Gasteiger partial charge in [0.2, 0.25) is 12.0 Å². The maximum atomic E-state index is 13.5. The van der Waals surface area contributed by atoms with E-state index in [0.717, 1.165) is 12.1 Å². The van der Waals surface area contributed by atoms with Crippen molar-refractivity contribution in [1.82, 2.24) is 9.88 Å². The van der Waals surface area contributed by atoms with Crippen molar-refractivity contribution in [2.75, 3.05) is 39.5 Å². The van der Waals surface area contributed by atoms with Crippen LogP contribution in [0.5, 0.6) is 5.75 Å². The van der Waals surface area contributed by atoms with Crippen molar-refractivity contribution >= 4 is 28.7 Å². The average Bonchev–Trinajstić information content (AvgIpc) is 3.37. The van der Waals surface area contributed by atoms with E-state index >= 15 is 0 Å². The number of oxazole rings is 1. The summed E-state index contributed by atoms with van der Waals surface area (Å²) < 4.78 is 63.2. The first kappa shape index (κ1) is 27.0. The van der Waals surface area contributed by atoms with E-state index in [1.807, 2.05) is 0 Å². The zero-order valence-corrected chi connectivity index (χ0v) is 21.4. The SMILES string of the molecule is O=C(OCCN1CCOCC1)C(Oc1ccc(Cl)cc1-c1nc2ccccc2o1)c1cccc(C(F)(F)F)c1. The van der Waals surface area contributed by atoms with Crippen LogP contribution in [-0.4, -0.2) is 55.3 Å². The molecular weight excluding hydrogens is 537 g/mol. The van der Waals surface area contributed by atoms with Gasteiger partial charge in [-0.05, 0) is 42.5 Å². The summed E-state index contributed by atoms with van der Waals surface area (Å²) in [6.07, 6.45) is -6.11. The molecule has 5 rings (SSSR count). The molecule has 1 fully saturated rings. The zero-order valence-electron chi connectivity index (χ0n) is 20.6. The summed E-state index contributed by atoms with van der Waals surface area (Å²) in [5, 5.41) is 0.350. The Morgan fingerprint density at radius 2 is 1.85 bits per heavy atom. The van der Waals surface area contributed by atoms with Gasteiger partial charge in [0.25, 0.3) is 0 Å². The topological polar surface area (TPSA) is 74.0 Å². The fourth-order valence-corrected chi connectivity index (χ4v) is 4.36. The van der Waals surface area contributed by atoms with Crippen molar-refractivity contribution in [3.8, 4) is 17.2 Å². The monoisotopic (exact) mass is 560 g/mol. The van der Waals surface area contributed by atoms with Crippen LogP contribution >= 0.6 is 11.6 Å². The number of hydrogen-bond acceptors (Lipinski definition) is 7. The quantitative estimate of drug-likeness (QED) is 0.239. The largest absolute Gasteiger partial charge is 0.473 e. The molecule has 7 nitrogen and oxygen atoms in total. The molecule has 0 spiro atoms. The van der Waals surface area contributed by atoms with Crippen LogP contribution in [0.15, 0.2) is 71.1 Å². The van der Waals surface area contributed by atoms with Crippen molar-refractivity contribution in [3.63, 3.8) is 0 Å². The molecule has 0 amide bonds. The van der Waals surface area contributed by atoms with Gasteiger partial charge >= 0.3 is 12.1 Å². The smallest absolute Gasteiger partial charge is 0.416 e. The third-order valence-corrected chi connectivity index (χ3v) is 6.43. The molecule has 0 saturated carbocycles. The highest BCUT2D eigenvalue weighted by molar-refractivity contribution is 6.30. The molecule has 1 aliphatic rings. The van der Waals surface area contributed by atoms with E-state index in [-0.39, 0.29) is 23.8 Å². The zero-order chi connectivity index (χ0) is 27.4. The Balaban J connectivity index is 1.46. The van der Waals surface area contributed by atoms with Crippen LogP contribution in [0.3, 0.4) is 0 Å². The van der Waals surface area contributed by atoms with Gasteiger partial charge in [-0.25, -0.2) is 9.78 Å². The van der Waals surface area contributed by atoms with Gasteiger partial charge < -0.3 is 18.6 Å². The highest BCUT2D eigenvalue weighted by Gasteiger charge is 2.33. The predicted octanol–water partition coefficient (Wildman–Crippen LogP) is 6.16. The number of aromatic nitrogens is 1. The van der Waals surface area contributed by atoms with Crippen LogP contribution in [0.25, 0.3) is 22.6 Å². The second-order valence-electron chi connectivity index (χ2n) is 8.87. The van der Waals surface area contributed by atoms with Gasteiger partial charge in [-0.1, -0.05) is 35.9 Å². The molecule has 0 aliphatic carbocycles. The predicted molar refractivity (Wildman–Crippen MR) is 137 cm³/mol. The molecule has 3 aromatic carbocycles. The Morgan fingerprint density at radius 1 is 1.05 bits per heavy atom. The third kappa shape index (κ3) is 6.52. The van der Waals surface area contributed by atoms with Gasteiger partial charge in [0, 0.05) is 30.2 Å². The fourth-order valence-electron chi connectivity index (χ4n) is 4.19.